The number of hydrogen-bond acceptors (Lipinski definition) is 5. The number of rotatable bonds is 8. The van der Waals surface area contributed by atoms with Gasteiger partial charge in [-0.25, -0.2) is 9.97 Å². The van der Waals surface area contributed by atoms with Gasteiger partial charge in [-0.3, -0.25) is 9.59 Å². The third kappa shape index (κ3) is 5.99. The van der Waals surface area contributed by atoms with Gasteiger partial charge in [-0.2, -0.15) is 0 Å². The highest BCUT2D eigenvalue weighted by Gasteiger charge is 2.34. The molecule has 0 saturated carbocycles. The summed E-state index contributed by atoms with van der Waals surface area (Å²) in [5.41, 5.74) is 5.99. The van der Waals surface area contributed by atoms with Gasteiger partial charge in [0.2, 0.25) is 17.7 Å². The predicted octanol–water partition coefficient (Wildman–Crippen LogP) is 7.53. The fourth-order valence-corrected chi connectivity index (χ4v) is 6.05. The quantitative estimate of drug-likeness (QED) is 0.189. The lowest BCUT2D eigenvalue weighted by Gasteiger charge is -2.26. The van der Waals surface area contributed by atoms with Crippen LogP contribution in [0.1, 0.15) is 48.7 Å². The van der Waals surface area contributed by atoms with E-state index in [1.165, 1.54) is 0 Å². The number of oxazole rings is 1. The summed E-state index contributed by atoms with van der Waals surface area (Å²) in [5, 5.41) is 2.96. The van der Waals surface area contributed by atoms with Crippen molar-refractivity contribution in [1.29, 1.82) is 0 Å². The number of imidazole rings is 1. The summed E-state index contributed by atoms with van der Waals surface area (Å²) in [5.74, 6) is 1.71. The zero-order valence-corrected chi connectivity index (χ0v) is 24.9. The molecule has 2 N–H and O–H groups in total. The molecule has 4 aromatic carbocycles. The van der Waals surface area contributed by atoms with E-state index in [4.69, 9.17) is 9.40 Å². The first-order chi connectivity index (χ1) is 22.0. The first-order valence-corrected chi connectivity index (χ1v) is 15.3. The monoisotopic (exact) mass is 595 g/mol. The van der Waals surface area contributed by atoms with Crippen LogP contribution in [0.25, 0.3) is 33.8 Å². The Balaban J connectivity index is 1.07. The van der Waals surface area contributed by atoms with Gasteiger partial charge in [0.1, 0.15) is 5.82 Å². The average Bonchev–Trinajstić information content (AvgIpc) is 3.84. The van der Waals surface area contributed by atoms with Crippen LogP contribution in [-0.4, -0.2) is 38.2 Å². The van der Waals surface area contributed by atoms with Gasteiger partial charge in [0.05, 0.1) is 35.6 Å². The van der Waals surface area contributed by atoms with E-state index in [1.54, 1.807) is 6.20 Å². The maximum atomic E-state index is 13.5. The number of likely N-dealkylation sites (tertiary alicyclic amines) is 1. The molecule has 7 rings (SSSR count). The molecular formula is C37H33N5O3. The van der Waals surface area contributed by atoms with Crippen LogP contribution in [0.2, 0.25) is 0 Å². The first kappa shape index (κ1) is 28.3. The van der Waals surface area contributed by atoms with Crippen molar-refractivity contribution in [2.24, 2.45) is 0 Å². The molecule has 45 heavy (non-hydrogen) atoms. The Morgan fingerprint density at radius 2 is 1.76 bits per heavy atom. The smallest absolute Gasteiger partial charge is 0.230 e. The molecule has 2 unspecified atom stereocenters. The van der Waals surface area contributed by atoms with Crippen LogP contribution in [0.4, 0.5) is 5.69 Å². The Morgan fingerprint density at radius 1 is 0.956 bits per heavy atom. The van der Waals surface area contributed by atoms with Crippen LogP contribution in [0.5, 0.6) is 0 Å². The lowest BCUT2D eigenvalue weighted by Crippen LogP contribution is -2.34. The van der Waals surface area contributed by atoms with Crippen molar-refractivity contribution in [1.82, 2.24) is 19.9 Å². The third-order valence-corrected chi connectivity index (χ3v) is 8.41. The first-order valence-electron chi connectivity index (χ1n) is 15.3. The highest BCUT2D eigenvalue weighted by Crippen LogP contribution is 2.35. The van der Waals surface area contributed by atoms with E-state index in [9.17, 15) is 9.59 Å². The Bertz CT molecular complexity index is 1960. The number of aromatic amines is 1. The van der Waals surface area contributed by atoms with Crippen LogP contribution in [0, 0.1) is 0 Å². The summed E-state index contributed by atoms with van der Waals surface area (Å²) in [7, 11) is 0. The maximum absolute atomic E-state index is 13.5. The van der Waals surface area contributed by atoms with Crippen LogP contribution in [0.15, 0.2) is 114 Å². The SMILES string of the molecule is CC(C(=O)N1CCCC1c1nc2ccc(-c3cnc(-c4cccc(NC(=O)Cc5ccccc5)c4)o3)cc2[nH]1)c1ccccc1. The molecule has 1 saturated heterocycles. The molecule has 0 radical (unpaired) electrons. The van der Waals surface area contributed by atoms with Crippen LogP contribution in [-0.2, 0) is 16.0 Å². The molecular weight excluding hydrogens is 562 g/mol. The molecule has 1 aliphatic rings. The molecule has 2 aromatic heterocycles. The number of nitrogens with zero attached hydrogens (tertiary/aromatic N) is 3. The molecule has 224 valence electrons. The second kappa shape index (κ2) is 12.2. The molecule has 0 aliphatic carbocycles. The number of fused-ring (bicyclic) bond motifs is 1. The zero-order valence-electron chi connectivity index (χ0n) is 24.9. The van der Waals surface area contributed by atoms with Crippen molar-refractivity contribution in [3.05, 3.63) is 126 Å². The molecule has 3 heterocycles. The van der Waals surface area contributed by atoms with Gasteiger partial charge < -0.3 is 19.6 Å². The number of amides is 2. The zero-order chi connectivity index (χ0) is 30.8. The number of anilines is 1. The summed E-state index contributed by atoms with van der Waals surface area (Å²) in [6.07, 6.45) is 3.82. The van der Waals surface area contributed by atoms with Crippen molar-refractivity contribution >= 4 is 28.5 Å². The fraction of sp³-hybridized carbons (Fsp3) is 0.189. The van der Waals surface area contributed by atoms with Crippen LogP contribution < -0.4 is 5.32 Å². The minimum absolute atomic E-state index is 0.0862. The molecule has 2 amide bonds. The number of hydrogen-bond donors (Lipinski definition) is 2. The number of carbonyl (C=O) groups excluding carboxylic acids is 2. The van der Waals surface area contributed by atoms with Crippen molar-refractivity contribution in [2.75, 3.05) is 11.9 Å². The molecule has 1 fully saturated rings. The summed E-state index contributed by atoms with van der Waals surface area (Å²) in [6, 6.07) is 32.9. The maximum Gasteiger partial charge on any atom is 0.230 e. The van der Waals surface area contributed by atoms with E-state index in [-0.39, 0.29) is 23.8 Å². The minimum atomic E-state index is -0.213. The van der Waals surface area contributed by atoms with Gasteiger partial charge in [-0.1, -0.05) is 66.7 Å². The van der Waals surface area contributed by atoms with Gasteiger partial charge in [0, 0.05) is 23.4 Å². The fourth-order valence-electron chi connectivity index (χ4n) is 6.05. The van der Waals surface area contributed by atoms with Crippen molar-refractivity contribution < 1.29 is 14.0 Å². The molecule has 6 aromatic rings. The third-order valence-electron chi connectivity index (χ3n) is 8.41. The van der Waals surface area contributed by atoms with Crippen molar-refractivity contribution in [2.45, 2.75) is 38.1 Å². The van der Waals surface area contributed by atoms with Gasteiger partial charge in [-0.15, -0.1) is 0 Å². The lowest BCUT2D eigenvalue weighted by molar-refractivity contribution is -0.133. The molecule has 0 bridgehead atoms. The Kier molecular flexibility index (Phi) is 7.69. The van der Waals surface area contributed by atoms with E-state index >= 15 is 0 Å². The molecule has 8 nitrogen and oxygen atoms in total. The normalized spacial score (nSPS) is 15.3. The highest BCUT2D eigenvalue weighted by molar-refractivity contribution is 5.93. The number of carbonyl (C=O) groups is 2. The second-order valence-corrected chi connectivity index (χ2v) is 11.5. The largest absolute Gasteiger partial charge is 0.436 e. The van der Waals surface area contributed by atoms with Gasteiger partial charge in [-0.05, 0) is 67.3 Å². The summed E-state index contributed by atoms with van der Waals surface area (Å²) >= 11 is 0. The number of aromatic nitrogens is 3. The van der Waals surface area contributed by atoms with E-state index in [2.05, 4.69) is 15.3 Å². The molecule has 2 atom stereocenters. The standard InChI is InChI=1S/C37H33N5O3/c1-24(26-12-6-3-7-13-26)37(44)42-19-9-16-32(42)35-40-30-18-17-27(22-31(30)41-35)33-23-38-36(45-33)28-14-8-15-29(21-28)39-34(43)20-25-10-4-2-5-11-25/h2-8,10-15,17-18,21-24,32H,9,16,19-20H2,1H3,(H,39,43)(H,40,41). The van der Waals surface area contributed by atoms with Crippen LogP contribution >= 0.6 is 0 Å². The van der Waals surface area contributed by atoms with E-state index in [0.29, 0.717) is 23.8 Å². The highest BCUT2D eigenvalue weighted by atomic mass is 16.4. The van der Waals surface area contributed by atoms with Crippen LogP contribution in [0.3, 0.4) is 0 Å². The number of benzene rings is 4. The average molecular weight is 596 g/mol. The van der Waals surface area contributed by atoms with Gasteiger partial charge in [0.25, 0.3) is 0 Å². The van der Waals surface area contributed by atoms with E-state index in [0.717, 1.165) is 58.5 Å². The lowest BCUT2D eigenvalue weighted by atomic mass is 9.99. The van der Waals surface area contributed by atoms with E-state index in [1.807, 2.05) is 115 Å². The van der Waals surface area contributed by atoms with E-state index < -0.39 is 0 Å². The molecule has 0 spiro atoms. The minimum Gasteiger partial charge on any atom is -0.436 e. The Hall–Kier alpha value is -5.50. The number of H-pyrrole nitrogens is 1. The van der Waals surface area contributed by atoms with Gasteiger partial charge in [0.15, 0.2) is 5.76 Å². The van der Waals surface area contributed by atoms with Gasteiger partial charge >= 0.3 is 0 Å². The van der Waals surface area contributed by atoms with Crippen molar-refractivity contribution in [3.8, 4) is 22.8 Å². The molecule has 1 aliphatic heterocycles. The summed E-state index contributed by atoms with van der Waals surface area (Å²) < 4.78 is 6.17. The summed E-state index contributed by atoms with van der Waals surface area (Å²) in [4.78, 5) is 40.9. The Labute approximate surface area is 261 Å². The summed E-state index contributed by atoms with van der Waals surface area (Å²) in [6.45, 7) is 2.70. The second-order valence-electron chi connectivity index (χ2n) is 11.5. The van der Waals surface area contributed by atoms with Crippen molar-refractivity contribution in [3.63, 3.8) is 0 Å². The topological polar surface area (TPSA) is 104 Å². The Morgan fingerprint density at radius 3 is 2.58 bits per heavy atom. The molecule has 8 heteroatoms. The predicted molar refractivity (Wildman–Crippen MR) is 174 cm³/mol. The number of nitrogens with one attached hydrogen (secondary N) is 2.